The van der Waals surface area contributed by atoms with Crippen LogP contribution in [-0.4, -0.2) is 28.8 Å². The lowest BCUT2D eigenvalue weighted by molar-refractivity contribution is 0.0237. The van der Waals surface area contributed by atoms with Crippen LogP contribution in [0.3, 0.4) is 0 Å². The molecule has 3 nitrogen and oxygen atoms in total. The second kappa shape index (κ2) is 5.81. The van der Waals surface area contributed by atoms with E-state index in [0.717, 1.165) is 37.9 Å². The first-order valence-corrected chi connectivity index (χ1v) is 7.02. The maximum atomic E-state index is 10.7. The molecule has 0 saturated heterocycles. The summed E-state index contributed by atoms with van der Waals surface area (Å²) in [5.74, 6) is 0.159. The third-order valence-electron chi connectivity index (χ3n) is 3.86. The summed E-state index contributed by atoms with van der Waals surface area (Å²) in [7, 11) is 0. The van der Waals surface area contributed by atoms with Gasteiger partial charge in [0.1, 0.15) is 0 Å². The SMILES string of the molecule is CCCNCC(C)(O)C1CCCc2cccnc21. The number of fused-ring (bicyclic) bond motifs is 1. The molecule has 3 heteroatoms. The van der Waals surface area contributed by atoms with Crippen LogP contribution in [0.4, 0.5) is 0 Å². The molecule has 2 N–H and O–H groups in total. The molecule has 0 saturated carbocycles. The molecule has 18 heavy (non-hydrogen) atoms. The molecule has 0 fully saturated rings. The molecule has 1 aromatic rings. The molecule has 0 bridgehead atoms. The Balaban J connectivity index is 2.13. The molecule has 2 unspecified atom stereocenters. The molecule has 1 aliphatic carbocycles. The van der Waals surface area contributed by atoms with Crippen molar-refractivity contribution in [3.63, 3.8) is 0 Å². The van der Waals surface area contributed by atoms with Gasteiger partial charge in [-0.15, -0.1) is 0 Å². The molecule has 2 atom stereocenters. The molecule has 2 rings (SSSR count). The number of aryl methyl sites for hydroxylation is 1. The molecule has 0 amide bonds. The minimum Gasteiger partial charge on any atom is -0.388 e. The predicted octanol–water partition coefficient (Wildman–Crippen LogP) is 2.25. The highest BCUT2D eigenvalue weighted by Gasteiger charge is 2.36. The highest BCUT2D eigenvalue weighted by molar-refractivity contribution is 5.28. The first kappa shape index (κ1) is 13.5. The summed E-state index contributed by atoms with van der Waals surface area (Å²) in [6, 6.07) is 4.13. The molecule has 1 aromatic heterocycles. The van der Waals surface area contributed by atoms with E-state index in [1.807, 2.05) is 19.2 Å². The van der Waals surface area contributed by atoms with Gasteiger partial charge >= 0.3 is 0 Å². The average molecular weight is 248 g/mol. The van der Waals surface area contributed by atoms with E-state index in [2.05, 4.69) is 23.3 Å². The Morgan fingerprint density at radius 3 is 3.17 bits per heavy atom. The smallest absolute Gasteiger partial charge is 0.0826 e. The van der Waals surface area contributed by atoms with Crippen molar-refractivity contribution in [1.82, 2.24) is 10.3 Å². The van der Waals surface area contributed by atoms with Gasteiger partial charge in [-0.05, 0) is 50.8 Å². The summed E-state index contributed by atoms with van der Waals surface area (Å²) >= 11 is 0. The quantitative estimate of drug-likeness (QED) is 0.786. The van der Waals surface area contributed by atoms with Crippen LogP contribution < -0.4 is 5.32 Å². The second-order valence-electron chi connectivity index (χ2n) is 5.53. The minimum atomic E-state index is -0.710. The fourth-order valence-electron chi connectivity index (χ4n) is 2.86. The summed E-state index contributed by atoms with van der Waals surface area (Å²) in [5, 5.41) is 14.0. The van der Waals surface area contributed by atoms with Crippen LogP contribution in [0.15, 0.2) is 18.3 Å². The van der Waals surface area contributed by atoms with Crippen LogP contribution in [0.25, 0.3) is 0 Å². The molecule has 0 radical (unpaired) electrons. The van der Waals surface area contributed by atoms with Crippen LogP contribution in [0.5, 0.6) is 0 Å². The Bertz CT molecular complexity index is 390. The monoisotopic (exact) mass is 248 g/mol. The van der Waals surface area contributed by atoms with Gasteiger partial charge in [0.15, 0.2) is 0 Å². The Morgan fingerprint density at radius 1 is 1.56 bits per heavy atom. The average Bonchev–Trinajstić information content (AvgIpc) is 2.38. The largest absolute Gasteiger partial charge is 0.388 e. The van der Waals surface area contributed by atoms with E-state index in [-0.39, 0.29) is 5.92 Å². The molecule has 0 aromatic carbocycles. The zero-order chi connectivity index (χ0) is 13.0. The zero-order valence-corrected chi connectivity index (χ0v) is 11.4. The Morgan fingerprint density at radius 2 is 2.39 bits per heavy atom. The number of aromatic nitrogens is 1. The summed E-state index contributed by atoms with van der Waals surface area (Å²) in [6.45, 7) is 5.67. The summed E-state index contributed by atoms with van der Waals surface area (Å²) in [4.78, 5) is 4.51. The number of pyridine rings is 1. The normalized spacial score (nSPS) is 22.3. The Labute approximate surface area is 110 Å². The number of nitrogens with zero attached hydrogens (tertiary/aromatic N) is 1. The first-order chi connectivity index (χ1) is 8.65. The fraction of sp³-hybridized carbons (Fsp3) is 0.667. The van der Waals surface area contributed by atoms with Crippen LogP contribution in [0.1, 0.15) is 50.3 Å². The Hall–Kier alpha value is -0.930. The van der Waals surface area contributed by atoms with Crippen molar-refractivity contribution in [1.29, 1.82) is 0 Å². The topological polar surface area (TPSA) is 45.1 Å². The van der Waals surface area contributed by atoms with E-state index in [0.29, 0.717) is 6.54 Å². The standard InChI is InChI=1S/C15H24N2O/c1-3-9-16-11-15(2,18)13-8-4-6-12-7-5-10-17-14(12)13/h5,7,10,13,16,18H,3-4,6,8-9,11H2,1-2H3. The second-order valence-corrected chi connectivity index (χ2v) is 5.53. The van der Waals surface area contributed by atoms with Gasteiger partial charge in [0.25, 0.3) is 0 Å². The lowest BCUT2D eigenvalue weighted by Gasteiger charge is -2.36. The van der Waals surface area contributed by atoms with Crippen molar-refractivity contribution >= 4 is 0 Å². The number of nitrogens with one attached hydrogen (secondary N) is 1. The van der Waals surface area contributed by atoms with Crippen molar-refractivity contribution in [2.75, 3.05) is 13.1 Å². The van der Waals surface area contributed by atoms with Crippen LogP contribution in [0, 0.1) is 0 Å². The molecule has 100 valence electrons. The van der Waals surface area contributed by atoms with Gasteiger partial charge in [-0.1, -0.05) is 13.0 Å². The van der Waals surface area contributed by atoms with Gasteiger partial charge in [0.05, 0.1) is 5.60 Å². The lowest BCUT2D eigenvalue weighted by atomic mass is 9.76. The highest BCUT2D eigenvalue weighted by atomic mass is 16.3. The van der Waals surface area contributed by atoms with E-state index in [1.165, 1.54) is 5.56 Å². The third kappa shape index (κ3) is 2.90. The van der Waals surface area contributed by atoms with E-state index in [9.17, 15) is 5.11 Å². The lowest BCUT2D eigenvalue weighted by Crippen LogP contribution is -2.44. The molecule has 0 spiro atoms. The van der Waals surface area contributed by atoms with Gasteiger partial charge in [0, 0.05) is 24.4 Å². The van der Waals surface area contributed by atoms with Gasteiger partial charge < -0.3 is 10.4 Å². The molecular formula is C15H24N2O. The van der Waals surface area contributed by atoms with Crippen molar-refractivity contribution in [3.8, 4) is 0 Å². The van der Waals surface area contributed by atoms with E-state index >= 15 is 0 Å². The maximum absolute atomic E-state index is 10.7. The van der Waals surface area contributed by atoms with Gasteiger partial charge in [0.2, 0.25) is 0 Å². The number of aliphatic hydroxyl groups is 1. The van der Waals surface area contributed by atoms with E-state index in [4.69, 9.17) is 0 Å². The number of hydrogen-bond donors (Lipinski definition) is 2. The van der Waals surface area contributed by atoms with E-state index in [1.54, 1.807) is 0 Å². The molecule has 0 aliphatic heterocycles. The number of hydrogen-bond acceptors (Lipinski definition) is 3. The van der Waals surface area contributed by atoms with Gasteiger partial charge in [-0.3, -0.25) is 4.98 Å². The van der Waals surface area contributed by atoms with Crippen LogP contribution in [0.2, 0.25) is 0 Å². The van der Waals surface area contributed by atoms with Crippen molar-refractivity contribution < 1.29 is 5.11 Å². The molecule has 1 heterocycles. The number of rotatable bonds is 5. The fourth-order valence-corrected chi connectivity index (χ4v) is 2.86. The highest BCUT2D eigenvalue weighted by Crippen LogP contribution is 2.37. The van der Waals surface area contributed by atoms with Crippen molar-refractivity contribution in [2.24, 2.45) is 0 Å². The Kier molecular flexibility index (Phi) is 4.36. The summed E-state index contributed by atoms with van der Waals surface area (Å²) in [5.41, 5.74) is 1.70. The predicted molar refractivity (Wildman–Crippen MR) is 73.7 cm³/mol. The third-order valence-corrected chi connectivity index (χ3v) is 3.86. The summed E-state index contributed by atoms with van der Waals surface area (Å²) < 4.78 is 0. The van der Waals surface area contributed by atoms with Crippen molar-refractivity contribution in [3.05, 3.63) is 29.6 Å². The zero-order valence-electron chi connectivity index (χ0n) is 11.4. The molecule has 1 aliphatic rings. The van der Waals surface area contributed by atoms with E-state index < -0.39 is 5.60 Å². The maximum Gasteiger partial charge on any atom is 0.0826 e. The van der Waals surface area contributed by atoms with Crippen LogP contribution in [-0.2, 0) is 6.42 Å². The van der Waals surface area contributed by atoms with Crippen molar-refractivity contribution in [2.45, 2.75) is 51.0 Å². The first-order valence-electron chi connectivity index (χ1n) is 7.02. The summed E-state index contributed by atoms with van der Waals surface area (Å²) in [6.07, 6.45) is 6.21. The molecular weight excluding hydrogens is 224 g/mol. The van der Waals surface area contributed by atoms with Gasteiger partial charge in [-0.25, -0.2) is 0 Å². The van der Waals surface area contributed by atoms with Gasteiger partial charge in [-0.2, -0.15) is 0 Å². The minimum absolute atomic E-state index is 0.159. The van der Waals surface area contributed by atoms with Crippen LogP contribution >= 0.6 is 0 Å².